The van der Waals surface area contributed by atoms with Crippen LogP contribution in [0.1, 0.15) is 0 Å². The number of fused-ring (bicyclic) bond motifs is 7. The highest BCUT2D eigenvalue weighted by atomic mass is 32.1. The van der Waals surface area contributed by atoms with Gasteiger partial charge in [0.2, 0.25) is 0 Å². The normalized spacial score (nSPS) is 11.8. The summed E-state index contributed by atoms with van der Waals surface area (Å²) in [7, 11) is 0. The maximum atomic E-state index is 6.24. The van der Waals surface area contributed by atoms with Crippen LogP contribution in [-0.4, -0.2) is 15.0 Å². The van der Waals surface area contributed by atoms with Gasteiger partial charge in [-0.1, -0.05) is 121 Å². The van der Waals surface area contributed by atoms with Crippen molar-refractivity contribution >= 4 is 64.2 Å². The summed E-state index contributed by atoms with van der Waals surface area (Å²) in [6, 6.07) is 52.7. The van der Waals surface area contributed by atoms with Gasteiger partial charge in [-0.25, -0.2) is 15.0 Å². The molecule has 224 valence electrons. The Morgan fingerprint density at radius 1 is 0.375 bits per heavy atom. The monoisotopic (exact) mass is 631 g/mol. The van der Waals surface area contributed by atoms with Crippen molar-refractivity contribution in [1.82, 2.24) is 15.0 Å². The predicted molar refractivity (Wildman–Crippen MR) is 199 cm³/mol. The second kappa shape index (κ2) is 10.7. The van der Waals surface area contributed by atoms with E-state index in [1.54, 1.807) is 0 Å². The third-order valence-corrected chi connectivity index (χ3v) is 10.4. The molecule has 5 heteroatoms. The number of furan rings is 1. The molecule has 0 unspecified atom stereocenters. The van der Waals surface area contributed by atoms with Crippen molar-refractivity contribution < 1.29 is 4.42 Å². The van der Waals surface area contributed by atoms with Gasteiger partial charge in [0.05, 0.1) is 0 Å². The fraction of sp³-hybridized carbons (Fsp3) is 0. The third-order valence-electron chi connectivity index (χ3n) is 9.16. The molecular weight excluding hydrogens is 607 g/mol. The maximum absolute atomic E-state index is 6.24. The van der Waals surface area contributed by atoms with Crippen LogP contribution in [-0.2, 0) is 0 Å². The fourth-order valence-corrected chi connectivity index (χ4v) is 8.13. The van der Waals surface area contributed by atoms with Crippen LogP contribution in [0.3, 0.4) is 0 Å². The van der Waals surface area contributed by atoms with Crippen molar-refractivity contribution in [3.63, 3.8) is 0 Å². The summed E-state index contributed by atoms with van der Waals surface area (Å²) in [5, 5.41) is 7.01. The molecule has 4 nitrogen and oxygen atoms in total. The first-order chi connectivity index (χ1) is 23.8. The molecule has 0 N–H and O–H groups in total. The smallest absolute Gasteiger partial charge is 0.164 e. The molecule has 0 atom stereocenters. The lowest BCUT2D eigenvalue weighted by Gasteiger charge is -2.13. The minimum atomic E-state index is 0.601. The number of nitrogens with zero attached hydrogens (tertiary/aromatic N) is 3. The van der Waals surface area contributed by atoms with Crippen molar-refractivity contribution in [3.8, 4) is 45.3 Å². The van der Waals surface area contributed by atoms with Gasteiger partial charge in [0, 0.05) is 53.2 Å². The van der Waals surface area contributed by atoms with Gasteiger partial charge >= 0.3 is 0 Å². The second-order valence-electron chi connectivity index (χ2n) is 12.0. The number of para-hydroxylation sites is 1. The molecule has 10 aromatic rings. The van der Waals surface area contributed by atoms with E-state index < -0.39 is 0 Å². The molecule has 3 heterocycles. The number of thiophene rings is 1. The van der Waals surface area contributed by atoms with E-state index in [4.69, 9.17) is 19.4 Å². The van der Waals surface area contributed by atoms with E-state index in [2.05, 4.69) is 97.1 Å². The largest absolute Gasteiger partial charge is 0.456 e. The Kier molecular flexibility index (Phi) is 6.01. The van der Waals surface area contributed by atoms with E-state index in [1.165, 1.54) is 31.3 Å². The molecule has 0 saturated carbocycles. The standard InChI is InChI=1S/C43H25N3OS/c1-2-11-26(12-3-1)41-44-42(27-21-22-32-31-15-6-8-19-37(31)47-38(32)25-27)46-43(45-41)36-24-23-30(28-13-4-5-14-29(28)36)34-17-10-18-35-33-16-7-9-20-39(33)48-40(34)35/h1-25H. The summed E-state index contributed by atoms with van der Waals surface area (Å²) in [6.07, 6.45) is 0. The average Bonchev–Trinajstić information content (AvgIpc) is 3.73. The summed E-state index contributed by atoms with van der Waals surface area (Å²) in [5.41, 5.74) is 6.87. The van der Waals surface area contributed by atoms with E-state index in [1.807, 2.05) is 65.9 Å². The van der Waals surface area contributed by atoms with Gasteiger partial charge in [-0.2, -0.15) is 0 Å². The molecule has 0 aliphatic rings. The highest BCUT2D eigenvalue weighted by Crippen LogP contribution is 2.43. The second-order valence-corrected chi connectivity index (χ2v) is 13.0. The summed E-state index contributed by atoms with van der Waals surface area (Å²) >= 11 is 1.85. The molecule has 48 heavy (non-hydrogen) atoms. The summed E-state index contributed by atoms with van der Waals surface area (Å²) < 4.78 is 8.83. The third kappa shape index (κ3) is 4.25. The first-order valence-electron chi connectivity index (χ1n) is 15.9. The molecule has 0 fully saturated rings. The number of hydrogen-bond donors (Lipinski definition) is 0. The maximum Gasteiger partial charge on any atom is 0.164 e. The minimum absolute atomic E-state index is 0.601. The Morgan fingerprint density at radius 3 is 1.85 bits per heavy atom. The van der Waals surface area contributed by atoms with Crippen LogP contribution in [0.15, 0.2) is 156 Å². The Bertz CT molecular complexity index is 2850. The highest BCUT2D eigenvalue weighted by Gasteiger charge is 2.18. The Hall–Kier alpha value is -6.17. The lowest BCUT2D eigenvalue weighted by Crippen LogP contribution is -2.00. The molecule has 0 bridgehead atoms. The van der Waals surface area contributed by atoms with Crippen LogP contribution in [0.4, 0.5) is 0 Å². The van der Waals surface area contributed by atoms with Gasteiger partial charge in [0.15, 0.2) is 17.5 Å². The van der Waals surface area contributed by atoms with E-state index in [0.29, 0.717) is 17.5 Å². The van der Waals surface area contributed by atoms with Crippen LogP contribution in [0.5, 0.6) is 0 Å². The van der Waals surface area contributed by atoms with Gasteiger partial charge in [-0.15, -0.1) is 11.3 Å². The highest BCUT2D eigenvalue weighted by molar-refractivity contribution is 7.26. The number of rotatable bonds is 4. The minimum Gasteiger partial charge on any atom is -0.456 e. The molecule has 0 saturated heterocycles. The van der Waals surface area contributed by atoms with E-state index in [-0.39, 0.29) is 0 Å². The number of benzene rings is 7. The van der Waals surface area contributed by atoms with Crippen LogP contribution in [0, 0.1) is 0 Å². The van der Waals surface area contributed by atoms with Gasteiger partial charge < -0.3 is 4.42 Å². The number of hydrogen-bond acceptors (Lipinski definition) is 5. The molecule has 10 rings (SSSR count). The van der Waals surface area contributed by atoms with Gasteiger partial charge in [-0.3, -0.25) is 0 Å². The number of aromatic nitrogens is 3. The molecule has 0 aliphatic carbocycles. The van der Waals surface area contributed by atoms with Gasteiger partial charge in [0.1, 0.15) is 11.2 Å². The summed E-state index contributed by atoms with van der Waals surface area (Å²) in [6.45, 7) is 0. The zero-order chi connectivity index (χ0) is 31.6. The quantitative estimate of drug-likeness (QED) is 0.194. The summed E-state index contributed by atoms with van der Waals surface area (Å²) in [4.78, 5) is 15.2. The van der Waals surface area contributed by atoms with Crippen LogP contribution in [0.2, 0.25) is 0 Å². The van der Waals surface area contributed by atoms with Crippen molar-refractivity contribution in [2.75, 3.05) is 0 Å². The van der Waals surface area contributed by atoms with Crippen molar-refractivity contribution in [3.05, 3.63) is 152 Å². The Balaban J connectivity index is 1.18. The topological polar surface area (TPSA) is 51.8 Å². The van der Waals surface area contributed by atoms with Crippen LogP contribution < -0.4 is 0 Å². The summed E-state index contributed by atoms with van der Waals surface area (Å²) in [5.74, 6) is 1.86. The average molecular weight is 632 g/mol. The van der Waals surface area contributed by atoms with E-state index in [9.17, 15) is 0 Å². The van der Waals surface area contributed by atoms with E-state index >= 15 is 0 Å². The molecule has 7 aromatic carbocycles. The first-order valence-corrected chi connectivity index (χ1v) is 16.8. The van der Waals surface area contributed by atoms with Crippen molar-refractivity contribution in [2.24, 2.45) is 0 Å². The Labute approximate surface area is 279 Å². The molecule has 0 radical (unpaired) electrons. The zero-order valence-corrected chi connectivity index (χ0v) is 26.4. The van der Waals surface area contributed by atoms with E-state index in [0.717, 1.165) is 49.4 Å². The first kappa shape index (κ1) is 27.0. The molecule has 0 spiro atoms. The lowest BCUT2D eigenvalue weighted by molar-refractivity contribution is 0.669. The molecule has 0 aliphatic heterocycles. The van der Waals surface area contributed by atoms with Crippen molar-refractivity contribution in [2.45, 2.75) is 0 Å². The molecule has 0 amide bonds. The van der Waals surface area contributed by atoms with Crippen LogP contribution >= 0.6 is 11.3 Å². The van der Waals surface area contributed by atoms with Gasteiger partial charge in [-0.05, 0) is 46.7 Å². The fourth-order valence-electron chi connectivity index (χ4n) is 6.89. The zero-order valence-electron chi connectivity index (χ0n) is 25.6. The van der Waals surface area contributed by atoms with Crippen LogP contribution in [0.25, 0.3) is 98.2 Å². The van der Waals surface area contributed by atoms with Gasteiger partial charge in [0.25, 0.3) is 0 Å². The Morgan fingerprint density at radius 2 is 1.00 bits per heavy atom. The van der Waals surface area contributed by atoms with Crippen molar-refractivity contribution in [1.29, 1.82) is 0 Å². The molecular formula is C43H25N3OS. The predicted octanol–water partition coefficient (Wildman–Crippen LogP) is 12.0. The SMILES string of the molecule is c1ccc(-c2nc(-c3ccc4c(c3)oc3ccccc34)nc(-c3ccc(-c4cccc5c4sc4ccccc45)c4ccccc34)n2)cc1. The molecule has 3 aromatic heterocycles. The lowest BCUT2D eigenvalue weighted by atomic mass is 9.94.